The van der Waals surface area contributed by atoms with E-state index < -0.39 is 12.0 Å². The Labute approximate surface area is 236 Å². The molecule has 1 aliphatic rings. The molecular weight excluding hydrogens is 524 g/mol. The Hall–Kier alpha value is -4.43. The van der Waals surface area contributed by atoms with E-state index in [2.05, 4.69) is 6.92 Å². The maximum atomic E-state index is 14.0. The molecule has 5 rings (SSSR count). The van der Waals surface area contributed by atoms with E-state index in [-0.39, 0.29) is 12.2 Å². The quantitative estimate of drug-likeness (QED) is 0.280. The predicted molar refractivity (Wildman–Crippen MR) is 156 cm³/mol. The van der Waals surface area contributed by atoms with Crippen LogP contribution in [-0.4, -0.2) is 30.9 Å². The molecule has 1 aliphatic heterocycles. The zero-order chi connectivity index (χ0) is 28.1. The molecule has 2 heterocycles. The van der Waals surface area contributed by atoms with E-state index in [0.29, 0.717) is 33.0 Å². The molecule has 0 amide bonds. The number of nitrogens with zero attached hydrogens (tertiary/aromatic N) is 2. The fourth-order valence-electron chi connectivity index (χ4n) is 4.57. The number of benzene rings is 3. The minimum atomic E-state index is -0.733. The second kappa shape index (κ2) is 12.2. The van der Waals surface area contributed by atoms with Gasteiger partial charge in [0, 0.05) is 5.56 Å². The van der Waals surface area contributed by atoms with Crippen LogP contribution < -0.4 is 24.4 Å². The lowest BCUT2D eigenvalue weighted by atomic mass is 9.93. The summed E-state index contributed by atoms with van der Waals surface area (Å²) in [5, 5.41) is 0. The number of hydrogen-bond acceptors (Lipinski definition) is 7. The van der Waals surface area contributed by atoms with Gasteiger partial charge in [-0.1, -0.05) is 72.9 Å². The Morgan fingerprint density at radius 2 is 1.68 bits per heavy atom. The highest BCUT2D eigenvalue weighted by atomic mass is 32.1. The van der Waals surface area contributed by atoms with Gasteiger partial charge < -0.3 is 14.2 Å². The van der Waals surface area contributed by atoms with Crippen LogP contribution in [0.3, 0.4) is 0 Å². The van der Waals surface area contributed by atoms with Crippen molar-refractivity contribution < 1.29 is 19.0 Å². The van der Waals surface area contributed by atoms with Crippen molar-refractivity contribution in [1.82, 2.24) is 4.57 Å². The van der Waals surface area contributed by atoms with E-state index in [1.807, 2.05) is 84.9 Å². The minimum Gasteiger partial charge on any atom is -0.497 e. The maximum absolute atomic E-state index is 14.0. The first-order valence-corrected chi connectivity index (χ1v) is 14.0. The summed E-state index contributed by atoms with van der Waals surface area (Å²) in [6.07, 6.45) is 2.77. The largest absolute Gasteiger partial charge is 0.497 e. The van der Waals surface area contributed by atoms with Gasteiger partial charge in [0.2, 0.25) is 0 Å². The Balaban J connectivity index is 1.72. The average Bonchev–Trinajstić information content (AvgIpc) is 3.30. The maximum Gasteiger partial charge on any atom is 0.338 e. The first-order chi connectivity index (χ1) is 19.5. The number of rotatable bonds is 9. The molecule has 0 aliphatic carbocycles. The van der Waals surface area contributed by atoms with Crippen LogP contribution in [0.1, 0.15) is 43.0 Å². The average molecular weight is 555 g/mol. The third kappa shape index (κ3) is 5.49. The zero-order valence-electron chi connectivity index (χ0n) is 22.6. The highest BCUT2D eigenvalue weighted by Crippen LogP contribution is 2.35. The van der Waals surface area contributed by atoms with Crippen molar-refractivity contribution in [2.24, 2.45) is 4.99 Å². The van der Waals surface area contributed by atoms with Crippen molar-refractivity contribution in [3.05, 3.63) is 121 Å². The third-order valence-electron chi connectivity index (χ3n) is 6.46. The molecule has 1 atom stereocenters. The van der Waals surface area contributed by atoms with Crippen LogP contribution in [-0.2, 0) is 9.53 Å². The SMILES string of the molecule is CCCOc1ccc(/C=c2\sc3n(c2=O)[C@@H](c2ccc(OC)cc2)C(C(=O)OCC)=C(c2ccccc2)N=3)cc1. The van der Waals surface area contributed by atoms with Crippen molar-refractivity contribution in [3.63, 3.8) is 0 Å². The summed E-state index contributed by atoms with van der Waals surface area (Å²) in [7, 11) is 1.60. The Morgan fingerprint density at radius 1 is 0.975 bits per heavy atom. The minimum absolute atomic E-state index is 0.197. The van der Waals surface area contributed by atoms with Gasteiger partial charge in [-0.25, -0.2) is 9.79 Å². The van der Waals surface area contributed by atoms with Crippen molar-refractivity contribution in [3.8, 4) is 11.5 Å². The van der Waals surface area contributed by atoms with E-state index in [0.717, 1.165) is 28.9 Å². The molecule has 0 spiro atoms. The molecule has 1 aromatic heterocycles. The molecule has 0 fully saturated rings. The normalized spacial score (nSPS) is 14.9. The molecule has 0 saturated heterocycles. The smallest absolute Gasteiger partial charge is 0.338 e. The van der Waals surface area contributed by atoms with Gasteiger partial charge in [0.1, 0.15) is 11.5 Å². The van der Waals surface area contributed by atoms with Gasteiger partial charge in [0.15, 0.2) is 4.80 Å². The molecule has 204 valence electrons. The molecule has 8 heteroatoms. The molecule has 4 aromatic rings. The Morgan fingerprint density at radius 3 is 2.33 bits per heavy atom. The second-order valence-electron chi connectivity index (χ2n) is 9.12. The molecule has 0 radical (unpaired) electrons. The third-order valence-corrected chi connectivity index (χ3v) is 7.44. The summed E-state index contributed by atoms with van der Waals surface area (Å²) < 4.78 is 18.7. The number of ether oxygens (including phenoxy) is 3. The number of methoxy groups -OCH3 is 1. The van der Waals surface area contributed by atoms with Gasteiger partial charge in [-0.2, -0.15) is 0 Å². The fourth-order valence-corrected chi connectivity index (χ4v) is 5.57. The summed E-state index contributed by atoms with van der Waals surface area (Å²) in [5.74, 6) is 0.946. The van der Waals surface area contributed by atoms with Crippen LogP contribution in [0.5, 0.6) is 11.5 Å². The second-order valence-corrected chi connectivity index (χ2v) is 10.1. The number of carbonyl (C=O) groups is 1. The lowest BCUT2D eigenvalue weighted by molar-refractivity contribution is -0.138. The molecular formula is C32H30N2O5S. The van der Waals surface area contributed by atoms with Crippen LogP contribution in [0, 0.1) is 0 Å². The van der Waals surface area contributed by atoms with Crippen molar-refractivity contribution in [2.75, 3.05) is 20.3 Å². The first kappa shape index (κ1) is 27.1. The van der Waals surface area contributed by atoms with Gasteiger partial charge in [-0.3, -0.25) is 9.36 Å². The van der Waals surface area contributed by atoms with E-state index in [4.69, 9.17) is 19.2 Å². The topological polar surface area (TPSA) is 79.1 Å². The monoisotopic (exact) mass is 554 g/mol. The van der Waals surface area contributed by atoms with Crippen molar-refractivity contribution in [1.29, 1.82) is 0 Å². The number of carbonyl (C=O) groups excluding carboxylic acids is 1. The van der Waals surface area contributed by atoms with Crippen LogP contribution in [0.2, 0.25) is 0 Å². The highest BCUT2D eigenvalue weighted by Gasteiger charge is 2.35. The molecule has 0 saturated carbocycles. The van der Waals surface area contributed by atoms with E-state index >= 15 is 0 Å². The van der Waals surface area contributed by atoms with E-state index in [1.165, 1.54) is 11.3 Å². The predicted octanol–water partition coefficient (Wildman–Crippen LogP) is 4.73. The van der Waals surface area contributed by atoms with Crippen molar-refractivity contribution in [2.45, 2.75) is 26.3 Å². The summed E-state index contributed by atoms with van der Waals surface area (Å²) in [6, 6.07) is 23.8. The van der Waals surface area contributed by atoms with Gasteiger partial charge in [0.25, 0.3) is 5.56 Å². The molecule has 0 bridgehead atoms. The van der Waals surface area contributed by atoms with Crippen LogP contribution in [0.4, 0.5) is 0 Å². The van der Waals surface area contributed by atoms with Gasteiger partial charge in [-0.05, 0) is 54.8 Å². The number of fused-ring (bicyclic) bond motifs is 1. The van der Waals surface area contributed by atoms with E-state index in [1.54, 1.807) is 18.6 Å². The zero-order valence-corrected chi connectivity index (χ0v) is 23.4. The van der Waals surface area contributed by atoms with Gasteiger partial charge >= 0.3 is 5.97 Å². The number of thiazole rings is 1. The standard InChI is InChI=1S/C32H30N2O5S/c1-4-19-39-25-15-11-21(12-16-25)20-26-30(35)34-29(23-13-17-24(37-3)18-14-23)27(31(36)38-5-2)28(33-32(34)40-26)22-9-7-6-8-10-22/h6-18,20,29H,4-5,19H2,1-3H3/b26-20-/t29-/m0/s1. The molecule has 40 heavy (non-hydrogen) atoms. The summed E-state index contributed by atoms with van der Waals surface area (Å²) in [5.41, 5.74) is 2.95. The Bertz CT molecular complexity index is 1700. The molecule has 0 unspecified atom stereocenters. The number of hydrogen-bond donors (Lipinski definition) is 0. The summed E-state index contributed by atoms with van der Waals surface area (Å²) in [6.45, 7) is 4.67. The number of aromatic nitrogens is 1. The Kier molecular flexibility index (Phi) is 8.26. The highest BCUT2D eigenvalue weighted by molar-refractivity contribution is 7.07. The molecule has 0 N–H and O–H groups in total. The first-order valence-electron chi connectivity index (χ1n) is 13.2. The number of esters is 1. The summed E-state index contributed by atoms with van der Waals surface area (Å²) in [4.78, 5) is 32.9. The van der Waals surface area contributed by atoms with Crippen LogP contribution in [0.25, 0.3) is 11.8 Å². The van der Waals surface area contributed by atoms with Gasteiger partial charge in [-0.15, -0.1) is 0 Å². The lowest BCUT2D eigenvalue weighted by Gasteiger charge is -2.26. The molecule has 7 nitrogen and oxygen atoms in total. The van der Waals surface area contributed by atoms with Gasteiger partial charge in [0.05, 0.1) is 42.2 Å². The molecule has 3 aromatic carbocycles. The summed E-state index contributed by atoms with van der Waals surface area (Å²) >= 11 is 1.29. The van der Waals surface area contributed by atoms with Crippen LogP contribution >= 0.6 is 11.3 Å². The van der Waals surface area contributed by atoms with Crippen LogP contribution in [0.15, 0.2) is 94.2 Å². The fraction of sp³-hybridized carbons (Fsp3) is 0.219. The van der Waals surface area contributed by atoms with Crippen molar-refractivity contribution >= 4 is 29.1 Å². The lowest BCUT2D eigenvalue weighted by Crippen LogP contribution is -2.40. The van der Waals surface area contributed by atoms with E-state index in [9.17, 15) is 9.59 Å².